The number of nitrogens with zero attached hydrogens (tertiary/aromatic N) is 3. The number of hydrogen-bond donors (Lipinski definition) is 2. The maximum atomic E-state index is 11.0. The van der Waals surface area contributed by atoms with E-state index in [0.717, 1.165) is 0 Å². The summed E-state index contributed by atoms with van der Waals surface area (Å²) < 4.78 is 2.39. The van der Waals surface area contributed by atoms with Gasteiger partial charge in [-0.25, -0.2) is 9.78 Å². The molecule has 0 spiro atoms. The van der Waals surface area contributed by atoms with Crippen LogP contribution < -0.4 is 5.32 Å². The fourth-order valence-electron chi connectivity index (χ4n) is 1.46. The highest BCUT2D eigenvalue weighted by atomic mass is 79.9. The minimum Gasteiger partial charge on any atom is -0.478 e. The third kappa shape index (κ3) is 3.07. The van der Waals surface area contributed by atoms with Gasteiger partial charge in [-0.05, 0) is 28.1 Å². The molecule has 0 saturated carbocycles. The van der Waals surface area contributed by atoms with Crippen LogP contribution in [0.2, 0.25) is 0 Å². The summed E-state index contributed by atoms with van der Waals surface area (Å²) in [4.78, 5) is 15.1. The first-order valence-electron chi connectivity index (χ1n) is 5.27. The summed E-state index contributed by atoms with van der Waals surface area (Å²) in [6, 6.07) is 3.35. The molecule has 0 aliphatic heterocycles. The lowest BCUT2D eigenvalue weighted by Crippen LogP contribution is -2.14. The van der Waals surface area contributed by atoms with Crippen molar-refractivity contribution in [2.24, 2.45) is 0 Å². The Balaban J connectivity index is 2.02. The zero-order valence-electron chi connectivity index (χ0n) is 9.38. The summed E-state index contributed by atoms with van der Waals surface area (Å²) in [5.41, 5.74) is 0.143. The van der Waals surface area contributed by atoms with Crippen LogP contribution >= 0.6 is 15.9 Å². The Labute approximate surface area is 112 Å². The van der Waals surface area contributed by atoms with E-state index in [1.807, 2.05) is 12.3 Å². The largest absolute Gasteiger partial charge is 0.478 e. The molecule has 2 aromatic rings. The SMILES string of the molecule is O=C(O)c1cc(Br)cnc1NCCn1cccn1. The van der Waals surface area contributed by atoms with Crippen molar-refractivity contribution in [3.63, 3.8) is 0 Å². The molecule has 0 atom stereocenters. The van der Waals surface area contributed by atoms with E-state index in [1.54, 1.807) is 17.1 Å². The van der Waals surface area contributed by atoms with E-state index in [2.05, 4.69) is 31.3 Å². The van der Waals surface area contributed by atoms with E-state index >= 15 is 0 Å². The van der Waals surface area contributed by atoms with Gasteiger partial charge in [-0.1, -0.05) is 0 Å². The van der Waals surface area contributed by atoms with Crippen molar-refractivity contribution >= 4 is 27.7 Å². The number of anilines is 1. The van der Waals surface area contributed by atoms with Crippen LogP contribution in [0.4, 0.5) is 5.82 Å². The quantitative estimate of drug-likeness (QED) is 0.881. The Kier molecular flexibility index (Phi) is 3.93. The zero-order chi connectivity index (χ0) is 13.0. The predicted octanol–water partition coefficient (Wildman–Crippen LogP) is 1.85. The van der Waals surface area contributed by atoms with Crippen LogP contribution in [0.5, 0.6) is 0 Å². The number of halogens is 1. The van der Waals surface area contributed by atoms with Crippen LogP contribution in [0.3, 0.4) is 0 Å². The zero-order valence-corrected chi connectivity index (χ0v) is 11.0. The molecule has 2 aromatic heterocycles. The first-order valence-corrected chi connectivity index (χ1v) is 6.06. The molecule has 0 aliphatic rings. The monoisotopic (exact) mass is 310 g/mol. The first-order chi connectivity index (χ1) is 8.66. The first kappa shape index (κ1) is 12.6. The molecule has 0 fully saturated rings. The van der Waals surface area contributed by atoms with Crippen LogP contribution in [0, 0.1) is 0 Å². The molecule has 18 heavy (non-hydrogen) atoms. The Morgan fingerprint density at radius 2 is 2.39 bits per heavy atom. The third-order valence-corrected chi connectivity index (χ3v) is 2.71. The van der Waals surface area contributed by atoms with Crippen LogP contribution in [0.15, 0.2) is 35.2 Å². The second-order valence-corrected chi connectivity index (χ2v) is 4.47. The predicted molar refractivity (Wildman–Crippen MR) is 69.6 cm³/mol. The molecular formula is C11H11BrN4O2. The van der Waals surface area contributed by atoms with Gasteiger partial charge >= 0.3 is 5.97 Å². The van der Waals surface area contributed by atoms with Gasteiger partial charge in [0.2, 0.25) is 0 Å². The van der Waals surface area contributed by atoms with E-state index in [9.17, 15) is 4.79 Å². The average molecular weight is 311 g/mol. The minimum atomic E-state index is -1.01. The van der Waals surface area contributed by atoms with Gasteiger partial charge in [-0.3, -0.25) is 4.68 Å². The lowest BCUT2D eigenvalue weighted by Gasteiger charge is -2.08. The number of hydrogen-bond acceptors (Lipinski definition) is 4. The second kappa shape index (κ2) is 5.63. The van der Waals surface area contributed by atoms with Gasteiger partial charge in [0, 0.05) is 29.6 Å². The van der Waals surface area contributed by atoms with Crippen molar-refractivity contribution in [3.05, 3.63) is 40.8 Å². The minimum absolute atomic E-state index is 0.143. The number of aromatic carboxylic acids is 1. The number of rotatable bonds is 5. The molecule has 6 nitrogen and oxygen atoms in total. The molecule has 0 saturated heterocycles. The van der Waals surface area contributed by atoms with Crippen molar-refractivity contribution in [1.29, 1.82) is 0 Å². The highest BCUT2D eigenvalue weighted by molar-refractivity contribution is 9.10. The topological polar surface area (TPSA) is 80.0 Å². The molecule has 2 rings (SSSR count). The molecule has 2 heterocycles. The molecule has 0 aromatic carbocycles. The molecule has 2 N–H and O–H groups in total. The third-order valence-electron chi connectivity index (χ3n) is 2.28. The summed E-state index contributed by atoms with van der Waals surface area (Å²) in [5, 5.41) is 16.1. The fourth-order valence-corrected chi connectivity index (χ4v) is 1.80. The average Bonchev–Trinajstić information content (AvgIpc) is 2.84. The molecule has 94 valence electrons. The number of carboxylic acid groups (broad SMARTS) is 1. The van der Waals surface area contributed by atoms with Crippen LogP contribution in [0.1, 0.15) is 10.4 Å². The second-order valence-electron chi connectivity index (χ2n) is 3.55. The van der Waals surface area contributed by atoms with E-state index in [0.29, 0.717) is 23.4 Å². The number of nitrogens with one attached hydrogen (secondary N) is 1. The van der Waals surface area contributed by atoms with Gasteiger partial charge in [0.15, 0.2) is 0 Å². The van der Waals surface area contributed by atoms with E-state index in [-0.39, 0.29) is 5.56 Å². The van der Waals surface area contributed by atoms with Crippen molar-refractivity contribution in [3.8, 4) is 0 Å². The van der Waals surface area contributed by atoms with Gasteiger partial charge < -0.3 is 10.4 Å². The summed E-state index contributed by atoms with van der Waals surface area (Å²) in [5.74, 6) is -0.650. The molecule has 7 heteroatoms. The molecule has 0 bridgehead atoms. The number of pyridine rings is 1. The number of aromatic nitrogens is 3. The maximum absolute atomic E-state index is 11.0. The molecule has 0 aliphatic carbocycles. The molecule has 0 radical (unpaired) electrons. The van der Waals surface area contributed by atoms with Gasteiger partial charge in [0.05, 0.1) is 6.54 Å². The van der Waals surface area contributed by atoms with E-state index in [1.165, 1.54) is 6.07 Å². The standard InChI is InChI=1S/C11H11BrN4O2/c12-8-6-9(11(17)18)10(14-7-8)13-3-5-16-4-1-2-15-16/h1-2,4,6-7H,3,5H2,(H,13,14)(H,17,18). The van der Waals surface area contributed by atoms with Gasteiger partial charge in [0.25, 0.3) is 0 Å². The molecule has 0 unspecified atom stereocenters. The smallest absolute Gasteiger partial charge is 0.339 e. The molecule has 0 amide bonds. The Morgan fingerprint density at radius 1 is 1.56 bits per heavy atom. The Morgan fingerprint density at radius 3 is 3.06 bits per heavy atom. The van der Waals surface area contributed by atoms with Crippen molar-refractivity contribution in [2.75, 3.05) is 11.9 Å². The lowest BCUT2D eigenvalue weighted by atomic mass is 10.2. The summed E-state index contributed by atoms with van der Waals surface area (Å²) in [6.45, 7) is 1.19. The number of carboxylic acids is 1. The van der Waals surface area contributed by atoms with E-state index < -0.39 is 5.97 Å². The van der Waals surface area contributed by atoms with Gasteiger partial charge in [-0.2, -0.15) is 5.10 Å². The van der Waals surface area contributed by atoms with Crippen LogP contribution in [-0.2, 0) is 6.54 Å². The maximum Gasteiger partial charge on any atom is 0.339 e. The lowest BCUT2D eigenvalue weighted by molar-refractivity contribution is 0.0697. The summed E-state index contributed by atoms with van der Waals surface area (Å²) >= 11 is 3.20. The normalized spacial score (nSPS) is 10.3. The highest BCUT2D eigenvalue weighted by Crippen LogP contribution is 2.17. The number of carbonyl (C=O) groups is 1. The van der Waals surface area contributed by atoms with Crippen molar-refractivity contribution < 1.29 is 9.90 Å². The van der Waals surface area contributed by atoms with E-state index in [4.69, 9.17) is 5.11 Å². The highest BCUT2D eigenvalue weighted by Gasteiger charge is 2.11. The molecular weight excluding hydrogens is 300 g/mol. The van der Waals surface area contributed by atoms with Crippen LogP contribution in [-0.4, -0.2) is 32.4 Å². The van der Waals surface area contributed by atoms with Crippen molar-refractivity contribution in [2.45, 2.75) is 6.54 Å². The summed E-state index contributed by atoms with van der Waals surface area (Å²) in [6.07, 6.45) is 5.10. The Hall–Kier alpha value is -1.89. The van der Waals surface area contributed by atoms with Gasteiger partial charge in [0.1, 0.15) is 11.4 Å². The van der Waals surface area contributed by atoms with Crippen LogP contribution in [0.25, 0.3) is 0 Å². The Bertz CT molecular complexity index is 542. The van der Waals surface area contributed by atoms with Crippen molar-refractivity contribution in [1.82, 2.24) is 14.8 Å². The van der Waals surface area contributed by atoms with Gasteiger partial charge in [-0.15, -0.1) is 0 Å². The fraction of sp³-hybridized carbons (Fsp3) is 0.182. The summed E-state index contributed by atoms with van der Waals surface area (Å²) in [7, 11) is 0.